The summed E-state index contributed by atoms with van der Waals surface area (Å²) in [4.78, 5) is 26.0. The summed E-state index contributed by atoms with van der Waals surface area (Å²) in [5.41, 5.74) is -0.367. The Balaban J connectivity index is 2.76. The molecule has 6 nitrogen and oxygen atoms in total. The van der Waals surface area contributed by atoms with Crippen molar-refractivity contribution in [2.75, 3.05) is 0 Å². The number of piperidine rings is 2. The van der Waals surface area contributed by atoms with Crippen molar-refractivity contribution in [1.82, 2.24) is 10.6 Å². The average molecular weight is 507 g/mol. The molecule has 2 aliphatic rings. The normalized spacial score (nSPS) is 24.2. The maximum atomic E-state index is 13.0. The minimum atomic E-state index is -1.04. The van der Waals surface area contributed by atoms with E-state index in [1.807, 2.05) is 0 Å². The first-order chi connectivity index (χ1) is 16.9. The molecule has 4 N–H and O–H groups in total. The molecule has 0 saturated carbocycles. The Kier molecular flexibility index (Phi) is 10.3. The van der Waals surface area contributed by atoms with Crippen molar-refractivity contribution in [2.24, 2.45) is 11.8 Å². The SMILES string of the molecule is CCC1(CC)CC(C(C(=O)O)=C(C(=O)O)C2CC(CC)(CC)NC(CC)(CC)C2)CC(CC)(CC)N1. The van der Waals surface area contributed by atoms with Gasteiger partial charge in [0.1, 0.15) is 0 Å². The van der Waals surface area contributed by atoms with Crippen molar-refractivity contribution in [3.05, 3.63) is 11.1 Å². The second-order valence-electron chi connectivity index (χ2n) is 11.8. The van der Waals surface area contributed by atoms with E-state index in [2.05, 4.69) is 66.0 Å². The summed E-state index contributed by atoms with van der Waals surface area (Å²) in [7, 11) is 0. The van der Waals surface area contributed by atoms with Gasteiger partial charge >= 0.3 is 11.9 Å². The minimum absolute atomic E-state index is 0.177. The fourth-order valence-electron chi connectivity index (χ4n) is 7.65. The predicted octanol–water partition coefficient (Wildman–Crippen LogP) is 6.69. The van der Waals surface area contributed by atoms with Crippen LogP contribution in [0.3, 0.4) is 0 Å². The van der Waals surface area contributed by atoms with Gasteiger partial charge in [-0.05, 0) is 88.9 Å². The molecular formula is C30H54N2O4. The molecule has 0 spiro atoms. The van der Waals surface area contributed by atoms with Crippen molar-refractivity contribution in [3.63, 3.8) is 0 Å². The maximum absolute atomic E-state index is 13.0. The summed E-state index contributed by atoms with van der Waals surface area (Å²) in [6.45, 7) is 17.3. The average Bonchev–Trinajstić information content (AvgIpc) is 2.90. The number of carboxylic acid groups (broad SMARTS) is 2. The van der Waals surface area contributed by atoms with Crippen LogP contribution < -0.4 is 10.6 Å². The molecule has 0 atom stereocenters. The van der Waals surface area contributed by atoms with Gasteiger partial charge in [-0.2, -0.15) is 0 Å². The molecule has 0 unspecified atom stereocenters. The zero-order valence-electron chi connectivity index (χ0n) is 24.4. The molecule has 2 heterocycles. The van der Waals surface area contributed by atoms with Crippen molar-refractivity contribution in [2.45, 2.75) is 155 Å². The third-order valence-electron chi connectivity index (χ3n) is 10.6. The lowest BCUT2D eigenvalue weighted by molar-refractivity contribution is -0.137. The molecule has 0 aromatic carbocycles. The van der Waals surface area contributed by atoms with E-state index in [-0.39, 0.29) is 45.1 Å². The van der Waals surface area contributed by atoms with Gasteiger partial charge in [0.25, 0.3) is 0 Å². The van der Waals surface area contributed by atoms with Crippen molar-refractivity contribution >= 4 is 11.9 Å². The lowest BCUT2D eigenvalue weighted by atomic mass is 9.63. The van der Waals surface area contributed by atoms with E-state index in [0.29, 0.717) is 25.7 Å². The molecule has 0 radical (unpaired) electrons. The fourth-order valence-corrected chi connectivity index (χ4v) is 7.65. The van der Waals surface area contributed by atoms with E-state index in [0.717, 1.165) is 51.4 Å². The number of carboxylic acids is 2. The van der Waals surface area contributed by atoms with Crippen LogP contribution in [-0.4, -0.2) is 44.3 Å². The summed E-state index contributed by atoms with van der Waals surface area (Å²) in [6, 6.07) is 0. The highest BCUT2D eigenvalue weighted by Crippen LogP contribution is 2.48. The van der Waals surface area contributed by atoms with Crippen LogP contribution in [0.5, 0.6) is 0 Å². The highest BCUT2D eigenvalue weighted by molar-refractivity contribution is 5.99. The van der Waals surface area contributed by atoms with Crippen LogP contribution in [0.25, 0.3) is 0 Å². The predicted molar refractivity (Wildman–Crippen MR) is 147 cm³/mol. The highest BCUT2D eigenvalue weighted by Gasteiger charge is 2.50. The highest BCUT2D eigenvalue weighted by atomic mass is 16.4. The van der Waals surface area contributed by atoms with Gasteiger partial charge < -0.3 is 20.8 Å². The van der Waals surface area contributed by atoms with Crippen LogP contribution in [0.2, 0.25) is 0 Å². The zero-order valence-corrected chi connectivity index (χ0v) is 24.4. The second-order valence-corrected chi connectivity index (χ2v) is 11.8. The Morgan fingerprint density at radius 3 is 0.861 bits per heavy atom. The van der Waals surface area contributed by atoms with Gasteiger partial charge in [-0.25, -0.2) is 9.59 Å². The van der Waals surface area contributed by atoms with E-state index >= 15 is 0 Å². The topological polar surface area (TPSA) is 98.7 Å². The van der Waals surface area contributed by atoms with Gasteiger partial charge in [-0.3, -0.25) is 0 Å². The zero-order chi connectivity index (χ0) is 27.4. The number of rotatable bonds is 12. The third kappa shape index (κ3) is 5.85. The van der Waals surface area contributed by atoms with Crippen LogP contribution >= 0.6 is 0 Å². The number of nitrogens with one attached hydrogen (secondary N) is 2. The first-order valence-electron chi connectivity index (χ1n) is 14.7. The molecule has 2 aliphatic heterocycles. The summed E-state index contributed by atoms with van der Waals surface area (Å²) in [6.07, 6.45) is 9.86. The van der Waals surface area contributed by atoms with Gasteiger partial charge in [0.2, 0.25) is 0 Å². The van der Waals surface area contributed by atoms with Crippen molar-refractivity contribution in [3.8, 4) is 0 Å². The Hall–Kier alpha value is -1.40. The Labute approximate surface area is 220 Å². The molecular weight excluding hydrogens is 452 g/mol. The lowest BCUT2D eigenvalue weighted by Gasteiger charge is -2.54. The molecule has 36 heavy (non-hydrogen) atoms. The van der Waals surface area contributed by atoms with E-state index in [9.17, 15) is 19.8 Å². The molecule has 0 aliphatic carbocycles. The first-order valence-corrected chi connectivity index (χ1v) is 14.7. The van der Waals surface area contributed by atoms with E-state index < -0.39 is 11.9 Å². The second kappa shape index (κ2) is 12.0. The molecule has 208 valence electrons. The summed E-state index contributed by atoms with van der Waals surface area (Å²) >= 11 is 0. The van der Waals surface area contributed by atoms with Crippen LogP contribution in [0.15, 0.2) is 11.1 Å². The summed E-state index contributed by atoms with van der Waals surface area (Å²) in [5.74, 6) is -2.64. The lowest BCUT2D eigenvalue weighted by Crippen LogP contribution is -2.63. The van der Waals surface area contributed by atoms with Crippen LogP contribution in [0.1, 0.15) is 132 Å². The van der Waals surface area contributed by atoms with Crippen LogP contribution in [0, 0.1) is 11.8 Å². The van der Waals surface area contributed by atoms with Crippen molar-refractivity contribution < 1.29 is 19.8 Å². The Morgan fingerprint density at radius 1 is 0.528 bits per heavy atom. The standard InChI is InChI=1S/C30H54N2O4/c1-9-27(10-2)17-21(18-28(11-3,12-4)31-27)23(25(33)34)24(26(35)36)22-19-29(13-5,14-6)32-30(15-7,16-8)20-22/h21-22,31-32H,9-20H2,1-8H3,(H,33,34)(H,35,36). The smallest absolute Gasteiger partial charge is 0.332 e. The monoisotopic (exact) mass is 506 g/mol. The molecule has 0 aromatic heterocycles. The van der Waals surface area contributed by atoms with Gasteiger partial charge in [0.15, 0.2) is 0 Å². The molecule has 0 amide bonds. The van der Waals surface area contributed by atoms with Gasteiger partial charge in [0.05, 0.1) is 11.1 Å². The number of aliphatic carboxylic acids is 2. The van der Waals surface area contributed by atoms with Crippen LogP contribution in [0.4, 0.5) is 0 Å². The van der Waals surface area contributed by atoms with Crippen molar-refractivity contribution in [1.29, 1.82) is 0 Å². The summed E-state index contributed by atoms with van der Waals surface area (Å²) in [5, 5.41) is 29.2. The molecule has 2 fully saturated rings. The Morgan fingerprint density at radius 2 is 0.722 bits per heavy atom. The first kappa shape index (κ1) is 30.8. The number of hydrogen-bond acceptors (Lipinski definition) is 4. The minimum Gasteiger partial charge on any atom is -0.478 e. The van der Waals surface area contributed by atoms with Gasteiger partial charge in [-0.1, -0.05) is 55.4 Å². The number of carbonyl (C=O) groups is 2. The van der Waals surface area contributed by atoms with Gasteiger partial charge in [0, 0.05) is 22.2 Å². The molecule has 2 rings (SSSR count). The molecule has 6 heteroatoms. The van der Waals surface area contributed by atoms with Gasteiger partial charge in [-0.15, -0.1) is 0 Å². The van der Waals surface area contributed by atoms with E-state index in [1.54, 1.807) is 0 Å². The summed E-state index contributed by atoms with van der Waals surface area (Å²) < 4.78 is 0. The quantitative estimate of drug-likeness (QED) is 0.220. The third-order valence-corrected chi connectivity index (χ3v) is 10.6. The molecule has 0 aromatic rings. The van der Waals surface area contributed by atoms with E-state index in [4.69, 9.17) is 0 Å². The Bertz CT molecular complexity index is 696. The van der Waals surface area contributed by atoms with E-state index in [1.165, 1.54) is 0 Å². The fraction of sp³-hybridized carbons (Fsp3) is 0.867. The molecule has 0 bridgehead atoms. The van der Waals surface area contributed by atoms with Crippen LogP contribution in [-0.2, 0) is 9.59 Å². The largest absolute Gasteiger partial charge is 0.478 e. The maximum Gasteiger partial charge on any atom is 0.332 e. The number of hydrogen-bond donors (Lipinski definition) is 4. The molecule has 2 saturated heterocycles.